The highest BCUT2D eigenvalue weighted by molar-refractivity contribution is 5.80. The lowest BCUT2D eigenvalue weighted by molar-refractivity contribution is -0.132. The normalized spacial score (nSPS) is 14.4. The van der Waals surface area contributed by atoms with Gasteiger partial charge in [0.1, 0.15) is 12.2 Å². The van der Waals surface area contributed by atoms with Gasteiger partial charge >= 0.3 is 0 Å². The molecule has 0 spiro atoms. The molecule has 0 aliphatic carbocycles. The molecule has 280 valence electrons. The van der Waals surface area contributed by atoms with E-state index >= 15 is 0 Å². The minimum absolute atomic E-state index is 0.370. The number of hydrogen-bond donors (Lipinski definition) is 5. The third kappa shape index (κ3) is 30.8. The highest BCUT2D eigenvalue weighted by Crippen LogP contribution is 2.16. The summed E-state index contributed by atoms with van der Waals surface area (Å²) in [6, 6.07) is -0.980. The summed E-state index contributed by atoms with van der Waals surface area (Å²) in [5.74, 6) is -0.585. The smallest absolute Gasteiger partial charge is 0.249 e. The molecule has 0 heterocycles. The van der Waals surface area contributed by atoms with Crippen molar-refractivity contribution in [3.8, 4) is 0 Å². The van der Waals surface area contributed by atoms with E-state index in [9.17, 15) is 25.2 Å². The van der Waals surface area contributed by atoms with E-state index in [0.717, 1.165) is 38.5 Å². The van der Waals surface area contributed by atoms with E-state index in [1.54, 1.807) is 0 Å². The van der Waals surface area contributed by atoms with Crippen LogP contribution in [-0.2, 0) is 4.79 Å². The van der Waals surface area contributed by atoms with Gasteiger partial charge in [0.25, 0.3) is 0 Å². The average molecular weight is 668 g/mol. The predicted octanol–water partition coefficient (Wildman–Crippen LogP) is 10.2. The lowest BCUT2D eigenvalue weighted by Gasteiger charge is -2.27. The van der Waals surface area contributed by atoms with Crippen molar-refractivity contribution in [2.24, 2.45) is 0 Å². The molecule has 5 N–H and O–H groups in total. The molecule has 0 aromatic carbocycles. The Kier molecular flexibility index (Phi) is 35.6. The summed E-state index contributed by atoms with van der Waals surface area (Å²) in [6.45, 7) is 4.03. The van der Waals surface area contributed by atoms with Crippen molar-refractivity contribution in [2.45, 2.75) is 237 Å². The number of aliphatic hydroxyl groups is 4. The van der Waals surface area contributed by atoms with Crippen molar-refractivity contribution in [2.75, 3.05) is 6.61 Å². The quantitative estimate of drug-likeness (QED) is 0.0335. The first-order chi connectivity index (χ1) is 23.0. The molecule has 0 aromatic heterocycles. The maximum Gasteiger partial charge on any atom is 0.249 e. The van der Waals surface area contributed by atoms with E-state index < -0.39 is 36.9 Å². The maximum absolute atomic E-state index is 12.5. The van der Waals surface area contributed by atoms with Crippen molar-refractivity contribution < 1.29 is 25.2 Å². The van der Waals surface area contributed by atoms with Crippen molar-refractivity contribution in [3.63, 3.8) is 0 Å². The molecule has 4 atom stereocenters. The first-order valence-corrected chi connectivity index (χ1v) is 20.6. The second-order valence-electron chi connectivity index (χ2n) is 14.3. The molecule has 0 aliphatic heterocycles. The SMILES string of the molecule is CCCCCCCC/C=C\CCCCCCCCCCCC[C@@H](O)C(=O)N[C@@H](CO)[C@H](O)[C@H](O)CCCCCCCCCCCCC. The number of hydrogen-bond acceptors (Lipinski definition) is 5. The Balaban J connectivity index is 3.72. The summed E-state index contributed by atoms with van der Waals surface area (Å²) in [4.78, 5) is 12.5. The van der Waals surface area contributed by atoms with Crippen LogP contribution in [0.5, 0.6) is 0 Å². The van der Waals surface area contributed by atoms with Gasteiger partial charge in [-0.3, -0.25) is 4.79 Å². The Labute approximate surface area is 292 Å². The number of allylic oxidation sites excluding steroid dienone is 2. The fraction of sp³-hybridized carbons (Fsp3) is 0.927. The van der Waals surface area contributed by atoms with Crippen LogP contribution < -0.4 is 5.32 Å². The average Bonchev–Trinajstić information content (AvgIpc) is 3.07. The van der Waals surface area contributed by atoms with E-state index in [0.29, 0.717) is 12.8 Å². The number of nitrogens with one attached hydrogen (secondary N) is 1. The standard InChI is InChI=1S/C41H81NO5/c1-3-5-7-9-11-13-15-16-17-18-19-20-21-22-23-25-27-29-31-33-35-39(45)41(47)42-37(36-43)40(46)38(44)34-32-30-28-26-24-14-12-10-8-6-4-2/h16-17,37-40,43-46H,3-15,18-36H2,1-2H3,(H,42,47)/b17-16-/t37-,38+,39+,40-/m0/s1. The van der Waals surface area contributed by atoms with E-state index in [1.807, 2.05) is 0 Å². The molecule has 0 radical (unpaired) electrons. The zero-order valence-corrected chi connectivity index (χ0v) is 31.3. The molecule has 0 fully saturated rings. The largest absolute Gasteiger partial charge is 0.394 e. The number of unbranched alkanes of at least 4 members (excludes halogenated alkanes) is 26. The maximum atomic E-state index is 12.5. The zero-order valence-electron chi connectivity index (χ0n) is 31.3. The van der Waals surface area contributed by atoms with E-state index in [-0.39, 0.29) is 0 Å². The van der Waals surface area contributed by atoms with Crippen LogP contribution >= 0.6 is 0 Å². The molecule has 0 saturated carbocycles. The fourth-order valence-corrected chi connectivity index (χ4v) is 6.40. The fourth-order valence-electron chi connectivity index (χ4n) is 6.40. The molecular formula is C41H81NO5. The van der Waals surface area contributed by atoms with Crippen molar-refractivity contribution in [1.82, 2.24) is 5.32 Å². The second kappa shape index (κ2) is 36.3. The number of aliphatic hydroxyl groups excluding tert-OH is 4. The molecule has 1 amide bonds. The van der Waals surface area contributed by atoms with Gasteiger partial charge in [0, 0.05) is 0 Å². The lowest BCUT2D eigenvalue weighted by atomic mass is 9.99. The first-order valence-electron chi connectivity index (χ1n) is 20.6. The van der Waals surface area contributed by atoms with Gasteiger partial charge < -0.3 is 25.7 Å². The third-order valence-electron chi connectivity index (χ3n) is 9.73. The number of rotatable bonds is 37. The van der Waals surface area contributed by atoms with Crippen molar-refractivity contribution in [3.05, 3.63) is 12.2 Å². The Morgan fingerprint density at radius 3 is 1.23 bits per heavy atom. The van der Waals surface area contributed by atoms with Gasteiger partial charge in [-0.05, 0) is 38.5 Å². The molecule has 47 heavy (non-hydrogen) atoms. The number of carbonyl (C=O) groups excluding carboxylic acids is 1. The Bertz CT molecular complexity index is 672. The highest BCUT2D eigenvalue weighted by Gasteiger charge is 2.28. The van der Waals surface area contributed by atoms with Crippen LogP contribution in [0.15, 0.2) is 12.2 Å². The van der Waals surface area contributed by atoms with E-state index in [1.165, 1.54) is 148 Å². The summed E-state index contributed by atoms with van der Waals surface area (Å²) < 4.78 is 0. The first kappa shape index (κ1) is 46.0. The van der Waals surface area contributed by atoms with Crippen LogP contribution in [-0.4, -0.2) is 57.3 Å². The van der Waals surface area contributed by atoms with Gasteiger partial charge in [0.15, 0.2) is 0 Å². The summed E-state index contributed by atoms with van der Waals surface area (Å²) in [6.07, 6.45) is 38.1. The van der Waals surface area contributed by atoms with Crippen LogP contribution in [0.2, 0.25) is 0 Å². The summed E-state index contributed by atoms with van der Waals surface area (Å²) in [5, 5.41) is 43.5. The molecule has 6 heteroatoms. The van der Waals surface area contributed by atoms with Gasteiger partial charge in [-0.2, -0.15) is 0 Å². The van der Waals surface area contributed by atoms with Gasteiger partial charge in [0.05, 0.1) is 18.8 Å². The second-order valence-corrected chi connectivity index (χ2v) is 14.3. The zero-order chi connectivity index (χ0) is 34.6. The summed E-state index contributed by atoms with van der Waals surface area (Å²) in [7, 11) is 0. The van der Waals surface area contributed by atoms with Crippen LogP contribution in [0.4, 0.5) is 0 Å². The number of carbonyl (C=O) groups is 1. The molecule has 0 unspecified atom stereocenters. The highest BCUT2D eigenvalue weighted by atomic mass is 16.3. The summed E-state index contributed by atoms with van der Waals surface area (Å²) in [5.41, 5.74) is 0. The van der Waals surface area contributed by atoms with Crippen LogP contribution in [0, 0.1) is 0 Å². The van der Waals surface area contributed by atoms with Crippen LogP contribution in [0.3, 0.4) is 0 Å². The Hall–Kier alpha value is -0.950. The summed E-state index contributed by atoms with van der Waals surface area (Å²) >= 11 is 0. The minimum atomic E-state index is -1.25. The van der Waals surface area contributed by atoms with Crippen molar-refractivity contribution in [1.29, 1.82) is 0 Å². The molecular weight excluding hydrogens is 586 g/mol. The molecule has 0 aliphatic rings. The van der Waals surface area contributed by atoms with E-state index in [2.05, 4.69) is 31.3 Å². The number of amides is 1. The molecule has 0 aromatic rings. The Morgan fingerprint density at radius 1 is 0.511 bits per heavy atom. The van der Waals surface area contributed by atoms with Gasteiger partial charge in [-0.25, -0.2) is 0 Å². The van der Waals surface area contributed by atoms with Gasteiger partial charge in [-0.15, -0.1) is 0 Å². The third-order valence-corrected chi connectivity index (χ3v) is 9.73. The molecule has 0 saturated heterocycles. The van der Waals surface area contributed by atoms with E-state index in [4.69, 9.17) is 0 Å². The van der Waals surface area contributed by atoms with Crippen molar-refractivity contribution >= 4 is 5.91 Å². The monoisotopic (exact) mass is 668 g/mol. The molecule has 0 bridgehead atoms. The minimum Gasteiger partial charge on any atom is -0.394 e. The van der Waals surface area contributed by atoms with Gasteiger partial charge in [-0.1, -0.05) is 187 Å². The predicted molar refractivity (Wildman–Crippen MR) is 201 cm³/mol. The molecule has 0 rings (SSSR count). The topological polar surface area (TPSA) is 110 Å². The van der Waals surface area contributed by atoms with Crippen LogP contribution in [0.25, 0.3) is 0 Å². The van der Waals surface area contributed by atoms with Crippen LogP contribution in [0.1, 0.15) is 213 Å². The lowest BCUT2D eigenvalue weighted by Crippen LogP contribution is -2.53. The Morgan fingerprint density at radius 2 is 0.851 bits per heavy atom. The van der Waals surface area contributed by atoms with Gasteiger partial charge in [0.2, 0.25) is 5.91 Å². The molecule has 6 nitrogen and oxygen atoms in total.